The second kappa shape index (κ2) is 11.9. The number of phenols is 1. The number of benzene rings is 1. The first-order valence-electron chi connectivity index (χ1n) is 11.9. The highest BCUT2D eigenvalue weighted by Crippen LogP contribution is 2.28. The Balaban J connectivity index is 2.35. The van der Waals surface area contributed by atoms with Crippen molar-refractivity contribution in [2.45, 2.75) is 90.4 Å². The minimum absolute atomic E-state index is 0.0555. The van der Waals surface area contributed by atoms with Gasteiger partial charge in [-0.05, 0) is 70.7 Å². The first-order chi connectivity index (χ1) is 15.9. The number of carbonyl (C=O) groups is 3. The molecule has 1 aromatic carbocycles. The predicted octanol–water partition coefficient (Wildman–Crippen LogP) is 4.12. The Morgan fingerprint density at radius 3 is 2.44 bits per heavy atom. The second-order valence-corrected chi connectivity index (χ2v) is 9.94. The number of nitrogens with one attached hydrogen (secondary N) is 2. The molecule has 34 heavy (non-hydrogen) atoms. The van der Waals surface area contributed by atoms with Gasteiger partial charge in [-0.15, -0.1) is 6.58 Å². The number of hydrogen-bond acceptors (Lipinski definition) is 5. The maximum atomic E-state index is 13.5. The van der Waals surface area contributed by atoms with E-state index in [1.807, 2.05) is 0 Å². The van der Waals surface area contributed by atoms with Crippen LogP contribution in [0.25, 0.3) is 0 Å². The van der Waals surface area contributed by atoms with Gasteiger partial charge in [0, 0.05) is 12.6 Å². The van der Waals surface area contributed by atoms with Gasteiger partial charge in [0.15, 0.2) is 0 Å². The number of ether oxygens (including phenoxy) is 1. The zero-order chi connectivity index (χ0) is 25.5. The third kappa shape index (κ3) is 7.78. The van der Waals surface area contributed by atoms with Crippen molar-refractivity contribution in [1.29, 1.82) is 0 Å². The Morgan fingerprint density at radius 1 is 1.24 bits per heavy atom. The van der Waals surface area contributed by atoms with Gasteiger partial charge in [-0.1, -0.05) is 31.4 Å². The molecule has 1 aliphatic carbocycles. The minimum atomic E-state index is -0.949. The molecule has 3 amide bonds. The second-order valence-electron chi connectivity index (χ2n) is 9.94. The fourth-order valence-corrected chi connectivity index (χ4v) is 4.11. The zero-order valence-corrected chi connectivity index (χ0v) is 21.0. The van der Waals surface area contributed by atoms with Gasteiger partial charge in [-0.3, -0.25) is 9.59 Å². The number of aromatic hydroxyl groups is 1. The smallest absolute Gasteiger partial charge is 0.408 e. The summed E-state index contributed by atoms with van der Waals surface area (Å²) in [6, 6.07) is 3.04. The van der Waals surface area contributed by atoms with Crippen molar-refractivity contribution in [3.05, 3.63) is 42.0 Å². The Kier molecular flexibility index (Phi) is 9.53. The Bertz CT molecular complexity index is 887. The van der Waals surface area contributed by atoms with E-state index in [0.717, 1.165) is 32.1 Å². The molecule has 1 aliphatic rings. The van der Waals surface area contributed by atoms with Crippen LogP contribution in [0.1, 0.15) is 77.0 Å². The number of carbonyl (C=O) groups excluding carboxylic acids is 3. The van der Waals surface area contributed by atoms with E-state index >= 15 is 0 Å². The standard InChI is InChI=1S/C26H39N3O5/c1-7-15-29(24(32)18(3)27-25(33)34-26(4,5)6)22(19-13-14-21(30)17(2)16-19)23(31)28-20-11-9-8-10-12-20/h7,13-14,16,18,20,22,30H,1,8-12,15H2,2-6H3,(H,27,33)(H,28,31). The predicted molar refractivity (Wildman–Crippen MR) is 131 cm³/mol. The van der Waals surface area contributed by atoms with Crippen molar-refractivity contribution >= 4 is 17.9 Å². The lowest BCUT2D eigenvalue weighted by Gasteiger charge is -2.34. The SMILES string of the molecule is C=CCN(C(=O)C(C)NC(=O)OC(C)(C)C)C(C(=O)NC1CCCCC1)c1ccc(O)c(C)c1. The Labute approximate surface area is 202 Å². The van der Waals surface area contributed by atoms with Crippen LogP contribution in [-0.4, -0.2) is 52.1 Å². The lowest BCUT2D eigenvalue weighted by atomic mass is 9.94. The Morgan fingerprint density at radius 2 is 1.88 bits per heavy atom. The first-order valence-corrected chi connectivity index (χ1v) is 11.9. The summed E-state index contributed by atoms with van der Waals surface area (Å²) in [6.45, 7) is 12.4. The van der Waals surface area contributed by atoms with E-state index in [1.54, 1.807) is 52.8 Å². The zero-order valence-electron chi connectivity index (χ0n) is 21.0. The fourth-order valence-electron chi connectivity index (χ4n) is 4.11. The van der Waals surface area contributed by atoms with Gasteiger partial charge in [-0.25, -0.2) is 4.79 Å². The molecule has 3 N–H and O–H groups in total. The highest BCUT2D eigenvalue weighted by molar-refractivity contribution is 5.92. The highest BCUT2D eigenvalue weighted by Gasteiger charge is 2.35. The average molecular weight is 474 g/mol. The molecule has 2 atom stereocenters. The number of phenolic OH excluding ortho intramolecular Hbond substituents is 1. The summed E-state index contributed by atoms with van der Waals surface area (Å²) >= 11 is 0. The third-order valence-corrected chi connectivity index (χ3v) is 5.76. The molecule has 0 aromatic heterocycles. The van der Waals surface area contributed by atoms with E-state index in [0.29, 0.717) is 11.1 Å². The van der Waals surface area contributed by atoms with Crippen LogP contribution in [0.5, 0.6) is 5.75 Å². The molecule has 8 nitrogen and oxygen atoms in total. The molecule has 0 bridgehead atoms. The van der Waals surface area contributed by atoms with Crippen LogP contribution in [-0.2, 0) is 14.3 Å². The summed E-state index contributed by atoms with van der Waals surface area (Å²) in [6.07, 6.45) is 5.91. The van der Waals surface area contributed by atoms with Gasteiger partial charge < -0.3 is 25.4 Å². The highest BCUT2D eigenvalue weighted by atomic mass is 16.6. The molecular weight excluding hydrogens is 434 g/mol. The van der Waals surface area contributed by atoms with Crippen molar-refractivity contribution in [3.63, 3.8) is 0 Å². The number of nitrogens with zero attached hydrogens (tertiary/aromatic N) is 1. The maximum absolute atomic E-state index is 13.5. The summed E-state index contributed by atoms with van der Waals surface area (Å²) in [7, 11) is 0. The van der Waals surface area contributed by atoms with Crippen molar-refractivity contribution in [2.24, 2.45) is 0 Å². The normalized spacial score (nSPS) is 16.1. The van der Waals surface area contributed by atoms with Crippen LogP contribution in [0.3, 0.4) is 0 Å². The summed E-state index contributed by atoms with van der Waals surface area (Å²) < 4.78 is 5.27. The van der Waals surface area contributed by atoms with E-state index in [9.17, 15) is 19.5 Å². The minimum Gasteiger partial charge on any atom is -0.508 e. The van der Waals surface area contributed by atoms with E-state index in [2.05, 4.69) is 17.2 Å². The lowest BCUT2D eigenvalue weighted by Crippen LogP contribution is -2.53. The number of hydrogen-bond donors (Lipinski definition) is 3. The number of amides is 3. The molecule has 0 radical (unpaired) electrons. The van der Waals surface area contributed by atoms with Crippen LogP contribution in [0.4, 0.5) is 4.79 Å². The van der Waals surface area contributed by atoms with Crippen molar-refractivity contribution < 1.29 is 24.2 Å². The molecule has 8 heteroatoms. The van der Waals surface area contributed by atoms with Crippen LogP contribution in [0.2, 0.25) is 0 Å². The molecule has 2 rings (SSSR count). The number of rotatable bonds is 8. The summed E-state index contributed by atoms with van der Waals surface area (Å²) in [4.78, 5) is 40.7. The van der Waals surface area contributed by atoms with E-state index < -0.39 is 29.7 Å². The molecule has 2 unspecified atom stereocenters. The topological polar surface area (TPSA) is 108 Å². The van der Waals surface area contributed by atoms with Gasteiger partial charge in [0.2, 0.25) is 11.8 Å². The van der Waals surface area contributed by atoms with Crippen LogP contribution in [0, 0.1) is 6.92 Å². The van der Waals surface area contributed by atoms with E-state index in [4.69, 9.17) is 4.74 Å². The molecule has 0 heterocycles. The first kappa shape index (κ1) is 27.2. The Hall–Kier alpha value is -3.03. The molecule has 188 valence electrons. The summed E-state index contributed by atoms with van der Waals surface area (Å²) in [5, 5.41) is 15.7. The van der Waals surface area contributed by atoms with Gasteiger partial charge in [0.25, 0.3) is 0 Å². The van der Waals surface area contributed by atoms with Crippen molar-refractivity contribution in [2.75, 3.05) is 6.54 Å². The van der Waals surface area contributed by atoms with Crippen LogP contribution >= 0.6 is 0 Å². The largest absolute Gasteiger partial charge is 0.508 e. The maximum Gasteiger partial charge on any atom is 0.408 e. The average Bonchev–Trinajstić information content (AvgIpc) is 2.74. The molecule has 1 fully saturated rings. The van der Waals surface area contributed by atoms with Gasteiger partial charge in [0.1, 0.15) is 23.4 Å². The van der Waals surface area contributed by atoms with Crippen molar-refractivity contribution in [3.8, 4) is 5.75 Å². The summed E-state index contributed by atoms with van der Waals surface area (Å²) in [5.74, 6) is -0.631. The van der Waals surface area contributed by atoms with Gasteiger partial charge in [0.05, 0.1) is 0 Å². The van der Waals surface area contributed by atoms with Gasteiger partial charge in [-0.2, -0.15) is 0 Å². The molecule has 1 aromatic rings. The van der Waals surface area contributed by atoms with Gasteiger partial charge >= 0.3 is 6.09 Å². The molecule has 0 aliphatic heterocycles. The van der Waals surface area contributed by atoms with Crippen LogP contribution < -0.4 is 10.6 Å². The summed E-state index contributed by atoms with van der Waals surface area (Å²) in [5.41, 5.74) is 0.460. The van der Waals surface area contributed by atoms with Crippen LogP contribution in [0.15, 0.2) is 30.9 Å². The fraction of sp³-hybridized carbons (Fsp3) is 0.577. The quantitative estimate of drug-likeness (QED) is 0.492. The molecule has 1 saturated carbocycles. The van der Waals surface area contributed by atoms with Crippen molar-refractivity contribution in [1.82, 2.24) is 15.5 Å². The number of aryl methyl sites for hydroxylation is 1. The third-order valence-electron chi connectivity index (χ3n) is 5.76. The number of alkyl carbamates (subject to hydrolysis) is 1. The van der Waals surface area contributed by atoms with E-state index in [1.165, 1.54) is 11.0 Å². The monoisotopic (exact) mass is 473 g/mol. The molecule has 0 saturated heterocycles. The molecule has 0 spiro atoms. The molecular formula is C26H39N3O5. The lowest BCUT2D eigenvalue weighted by molar-refractivity contribution is -0.141. The van der Waals surface area contributed by atoms with E-state index in [-0.39, 0.29) is 24.2 Å².